The summed E-state index contributed by atoms with van der Waals surface area (Å²) in [6, 6.07) is 11.8. The molecule has 0 amide bonds. The maximum Gasteiger partial charge on any atom is 0.146 e. The van der Waals surface area contributed by atoms with Crippen molar-refractivity contribution in [1.29, 1.82) is 0 Å². The number of hydrogen-bond acceptors (Lipinski definition) is 3. The van der Waals surface area contributed by atoms with Crippen LogP contribution in [0.25, 0.3) is 0 Å². The number of oxime groups is 1. The molecular formula is C14H11BrFNO2. The van der Waals surface area contributed by atoms with Crippen LogP contribution in [0.3, 0.4) is 0 Å². The number of para-hydroxylation sites is 1. The minimum Gasteiger partial charge on any atom is -0.496 e. The maximum atomic E-state index is 14.1. The fraction of sp³-hybridized carbons (Fsp3) is 0.0714. The Bertz CT molecular complexity index is 629. The molecule has 1 N–H and O–H groups in total. The van der Waals surface area contributed by atoms with Crippen LogP contribution in [0.5, 0.6) is 5.75 Å². The zero-order chi connectivity index (χ0) is 13.8. The van der Waals surface area contributed by atoms with Crippen molar-refractivity contribution in [2.45, 2.75) is 0 Å². The maximum absolute atomic E-state index is 14.1. The molecule has 19 heavy (non-hydrogen) atoms. The van der Waals surface area contributed by atoms with E-state index >= 15 is 0 Å². The van der Waals surface area contributed by atoms with Gasteiger partial charge in [-0.2, -0.15) is 0 Å². The van der Waals surface area contributed by atoms with Crippen LogP contribution in [0.1, 0.15) is 11.1 Å². The predicted molar refractivity (Wildman–Crippen MR) is 74.5 cm³/mol. The van der Waals surface area contributed by atoms with Gasteiger partial charge in [0.05, 0.1) is 11.6 Å². The first-order chi connectivity index (χ1) is 9.19. The van der Waals surface area contributed by atoms with Crippen LogP contribution in [-0.2, 0) is 0 Å². The Balaban J connectivity index is 2.61. The SMILES string of the molecule is COc1ccccc1/C(=N/O)c1cccc(Br)c1F. The first-order valence-electron chi connectivity index (χ1n) is 5.49. The van der Waals surface area contributed by atoms with Crippen molar-refractivity contribution >= 4 is 21.6 Å². The Labute approximate surface area is 118 Å². The third-order valence-corrected chi connectivity index (χ3v) is 3.28. The lowest BCUT2D eigenvalue weighted by atomic mass is 10.0. The Hall–Kier alpha value is -1.88. The highest BCUT2D eigenvalue weighted by atomic mass is 79.9. The molecule has 0 spiro atoms. The van der Waals surface area contributed by atoms with Gasteiger partial charge in [0.1, 0.15) is 17.3 Å². The van der Waals surface area contributed by atoms with E-state index in [0.717, 1.165) is 0 Å². The summed E-state index contributed by atoms with van der Waals surface area (Å²) < 4.78 is 19.6. The molecule has 0 aliphatic heterocycles. The van der Waals surface area contributed by atoms with Crippen LogP contribution in [0.15, 0.2) is 52.1 Å². The first kappa shape index (κ1) is 13.5. The van der Waals surface area contributed by atoms with Gasteiger partial charge in [0, 0.05) is 11.1 Å². The van der Waals surface area contributed by atoms with Crippen molar-refractivity contribution in [3.05, 3.63) is 63.9 Å². The molecule has 2 aromatic rings. The van der Waals surface area contributed by atoms with Crippen molar-refractivity contribution in [2.75, 3.05) is 7.11 Å². The van der Waals surface area contributed by atoms with Crippen LogP contribution in [0.4, 0.5) is 4.39 Å². The minimum absolute atomic E-state index is 0.122. The molecule has 0 bridgehead atoms. The summed E-state index contributed by atoms with van der Waals surface area (Å²) in [5.41, 5.74) is 0.835. The molecule has 3 nitrogen and oxygen atoms in total. The van der Waals surface area contributed by atoms with Gasteiger partial charge in [-0.3, -0.25) is 0 Å². The van der Waals surface area contributed by atoms with Gasteiger partial charge >= 0.3 is 0 Å². The zero-order valence-electron chi connectivity index (χ0n) is 10.1. The molecule has 0 unspecified atom stereocenters. The Morgan fingerprint density at radius 3 is 2.53 bits per heavy atom. The van der Waals surface area contributed by atoms with Gasteiger partial charge in [-0.05, 0) is 40.2 Å². The fourth-order valence-electron chi connectivity index (χ4n) is 1.78. The number of benzene rings is 2. The first-order valence-corrected chi connectivity index (χ1v) is 6.28. The van der Waals surface area contributed by atoms with Crippen LogP contribution >= 0.6 is 15.9 Å². The van der Waals surface area contributed by atoms with E-state index in [0.29, 0.717) is 15.8 Å². The summed E-state index contributed by atoms with van der Waals surface area (Å²) in [4.78, 5) is 0. The summed E-state index contributed by atoms with van der Waals surface area (Å²) in [5.74, 6) is 0.0240. The van der Waals surface area contributed by atoms with Crippen molar-refractivity contribution in [1.82, 2.24) is 0 Å². The average molecular weight is 324 g/mol. The Morgan fingerprint density at radius 2 is 1.84 bits per heavy atom. The van der Waals surface area contributed by atoms with E-state index < -0.39 is 5.82 Å². The highest BCUT2D eigenvalue weighted by molar-refractivity contribution is 9.10. The van der Waals surface area contributed by atoms with Crippen molar-refractivity contribution < 1.29 is 14.3 Å². The number of ether oxygens (including phenoxy) is 1. The topological polar surface area (TPSA) is 41.8 Å². The van der Waals surface area contributed by atoms with Crippen molar-refractivity contribution in [2.24, 2.45) is 5.16 Å². The van der Waals surface area contributed by atoms with Gasteiger partial charge in [-0.15, -0.1) is 0 Å². The Morgan fingerprint density at radius 1 is 1.16 bits per heavy atom. The van der Waals surface area contributed by atoms with Crippen LogP contribution in [-0.4, -0.2) is 18.0 Å². The van der Waals surface area contributed by atoms with Crippen LogP contribution < -0.4 is 4.74 Å². The van der Waals surface area contributed by atoms with E-state index in [4.69, 9.17) is 4.74 Å². The Kier molecular flexibility index (Phi) is 4.16. The lowest BCUT2D eigenvalue weighted by Crippen LogP contribution is -2.08. The molecule has 0 radical (unpaired) electrons. The quantitative estimate of drug-likeness (QED) is 0.530. The van der Waals surface area contributed by atoms with Gasteiger partial charge in [-0.1, -0.05) is 23.4 Å². The van der Waals surface area contributed by atoms with E-state index in [1.54, 1.807) is 42.5 Å². The highest BCUT2D eigenvalue weighted by Crippen LogP contribution is 2.26. The zero-order valence-corrected chi connectivity index (χ0v) is 11.7. The number of methoxy groups -OCH3 is 1. The second-order valence-corrected chi connectivity index (χ2v) is 4.60. The lowest BCUT2D eigenvalue weighted by Gasteiger charge is -2.11. The predicted octanol–water partition coefficient (Wildman–Crippen LogP) is 3.82. The average Bonchev–Trinajstić information content (AvgIpc) is 2.45. The monoisotopic (exact) mass is 323 g/mol. The molecule has 0 fully saturated rings. The summed E-state index contributed by atoms with van der Waals surface area (Å²) in [6.45, 7) is 0. The second kappa shape index (κ2) is 5.84. The number of rotatable bonds is 3. The van der Waals surface area contributed by atoms with E-state index in [1.165, 1.54) is 7.11 Å². The highest BCUT2D eigenvalue weighted by Gasteiger charge is 2.17. The van der Waals surface area contributed by atoms with Gasteiger partial charge in [0.15, 0.2) is 0 Å². The molecule has 0 saturated carbocycles. The van der Waals surface area contributed by atoms with E-state index in [1.807, 2.05) is 0 Å². The van der Waals surface area contributed by atoms with Crippen LogP contribution in [0, 0.1) is 5.82 Å². The summed E-state index contributed by atoms with van der Waals surface area (Å²) >= 11 is 3.11. The molecule has 0 aliphatic carbocycles. The van der Waals surface area contributed by atoms with Crippen molar-refractivity contribution in [3.63, 3.8) is 0 Å². The normalized spacial score (nSPS) is 11.4. The molecule has 2 aromatic carbocycles. The van der Waals surface area contributed by atoms with Crippen LogP contribution in [0.2, 0.25) is 0 Å². The molecule has 0 atom stereocenters. The smallest absolute Gasteiger partial charge is 0.146 e. The number of halogens is 2. The van der Waals surface area contributed by atoms with Gasteiger partial charge in [0.2, 0.25) is 0 Å². The van der Waals surface area contributed by atoms with Gasteiger partial charge in [-0.25, -0.2) is 4.39 Å². The van der Waals surface area contributed by atoms with Crippen molar-refractivity contribution in [3.8, 4) is 5.75 Å². The van der Waals surface area contributed by atoms with E-state index in [2.05, 4.69) is 21.1 Å². The fourth-order valence-corrected chi connectivity index (χ4v) is 2.15. The standard InChI is InChI=1S/C14H11BrFNO2/c1-19-12-8-3-2-5-9(12)14(17-18)10-6-4-7-11(15)13(10)16/h2-8,18H,1H3/b17-14-. The minimum atomic E-state index is -0.485. The molecule has 98 valence electrons. The molecule has 0 saturated heterocycles. The van der Waals surface area contributed by atoms with E-state index in [-0.39, 0.29) is 11.3 Å². The number of hydrogen-bond donors (Lipinski definition) is 1. The van der Waals surface area contributed by atoms with Gasteiger partial charge in [0.25, 0.3) is 0 Å². The lowest BCUT2D eigenvalue weighted by molar-refractivity contribution is 0.319. The second-order valence-electron chi connectivity index (χ2n) is 3.75. The molecule has 0 aliphatic rings. The molecule has 2 rings (SSSR count). The number of nitrogens with zero attached hydrogens (tertiary/aromatic N) is 1. The molecule has 5 heteroatoms. The summed E-state index contributed by atoms with van der Waals surface area (Å²) in [5, 5.41) is 12.4. The third kappa shape index (κ3) is 2.61. The third-order valence-electron chi connectivity index (χ3n) is 2.67. The largest absolute Gasteiger partial charge is 0.496 e. The molecule has 0 heterocycles. The molecule has 0 aromatic heterocycles. The van der Waals surface area contributed by atoms with Gasteiger partial charge < -0.3 is 9.94 Å². The summed E-state index contributed by atoms with van der Waals surface area (Å²) in [7, 11) is 1.51. The van der Waals surface area contributed by atoms with E-state index in [9.17, 15) is 9.60 Å². The molecular weight excluding hydrogens is 313 g/mol. The summed E-state index contributed by atoms with van der Waals surface area (Å²) in [6.07, 6.45) is 0.